The predicted molar refractivity (Wildman–Crippen MR) is 67.1 cm³/mol. The quantitative estimate of drug-likeness (QED) is 0.848. The second-order valence-corrected chi connectivity index (χ2v) is 4.14. The maximum absolute atomic E-state index is 11.6. The Morgan fingerprint density at radius 3 is 2.78 bits per heavy atom. The van der Waals surface area contributed by atoms with Crippen molar-refractivity contribution in [2.24, 2.45) is 0 Å². The van der Waals surface area contributed by atoms with Crippen LogP contribution < -0.4 is 5.32 Å². The van der Waals surface area contributed by atoms with E-state index in [-0.39, 0.29) is 0 Å². The lowest BCUT2D eigenvalue weighted by Gasteiger charge is -2.30. The van der Waals surface area contributed by atoms with Crippen molar-refractivity contribution in [1.29, 1.82) is 0 Å². The highest BCUT2D eigenvalue weighted by molar-refractivity contribution is 5.91. The molecule has 4 nitrogen and oxygen atoms in total. The van der Waals surface area contributed by atoms with Crippen LogP contribution in [0.2, 0.25) is 0 Å². The molecule has 2 N–H and O–H groups in total. The number of benzene rings is 1. The van der Waals surface area contributed by atoms with Crippen LogP contribution in [0.4, 0.5) is 5.69 Å². The van der Waals surface area contributed by atoms with Gasteiger partial charge in [-0.1, -0.05) is 24.3 Å². The zero-order valence-electron chi connectivity index (χ0n) is 9.46. The van der Waals surface area contributed by atoms with Crippen molar-refractivity contribution in [2.75, 3.05) is 5.32 Å². The van der Waals surface area contributed by atoms with E-state index in [1.165, 1.54) is 6.26 Å². The second-order valence-electron chi connectivity index (χ2n) is 4.14. The molecule has 3 rings (SSSR count). The number of carbonyl (C=O) groups is 1. The molecule has 90 valence electrons. The van der Waals surface area contributed by atoms with Crippen LogP contribution in [0, 0.1) is 0 Å². The summed E-state index contributed by atoms with van der Waals surface area (Å²) in [7, 11) is 0. The first-order valence-electron chi connectivity index (χ1n) is 5.56. The van der Waals surface area contributed by atoms with Gasteiger partial charge in [-0.25, -0.2) is 4.79 Å². The van der Waals surface area contributed by atoms with Crippen molar-refractivity contribution in [3.05, 3.63) is 60.1 Å². The summed E-state index contributed by atoms with van der Waals surface area (Å²) in [4.78, 5) is 11.6. The van der Waals surface area contributed by atoms with Gasteiger partial charge in [0.15, 0.2) is 0 Å². The minimum absolute atomic E-state index is 0.362. The molecule has 1 aromatic heterocycles. The monoisotopic (exact) mass is 241 g/mol. The van der Waals surface area contributed by atoms with Gasteiger partial charge in [0, 0.05) is 5.69 Å². The van der Waals surface area contributed by atoms with Crippen molar-refractivity contribution >= 4 is 17.7 Å². The van der Waals surface area contributed by atoms with Gasteiger partial charge in [-0.2, -0.15) is 0 Å². The average molecular weight is 241 g/mol. The number of furan rings is 1. The Morgan fingerprint density at radius 2 is 2.06 bits per heavy atom. The number of fused-ring (bicyclic) bond motifs is 1. The maximum Gasteiger partial charge on any atom is 0.341 e. The first-order valence-corrected chi connectivity index (χ1v) is 5.56. The molecule has 0 amide bonds. The smallest absolute Gasteiger partial charge is 0.341 e. The molecule has 0 saturated carbocycles. The average Bonchev–Trinajstić information content (AvgIpc) is 2.92. The van der Waals surface area contributed by atoms with Crippen molar-refractivity contribution in [1.82, 2.24) is 0 Å². The number of rotatable bonds is 2. The lowest BCUT2D eigenvalue weighted by atomic mass is 9.90. The van der Waals surface area contributed by atoms with Gasteiger partial charge in [0.1, 0.15) is 5.76 Å². The molecule has 1 unspecified atom stereocenters. The topological polar surface area (TPSA) is 62.5 Å². The number of nitrogens with one attached hydrogen (secondary N) is 1. The van der Waals surface area contributed by atoms with E-state index in [1.54, 1.807) is 24.3 Å². The third-order valence-corrected chi connectivity index (χ3v) is 3.05. The summed E-state index contributed by atoms with van der Waals surface area (Å²) >= 11 is 0. The van der Waals surface area contributed by atoms with Crippen LogP contribution in [0.15, 0.2) is 53.2 Å². The standard InChI is InChI=1S/C14H11NO3/c16-13(17)14(12-6-3-9-18-12)8-7-10-4-1-2-5-11(10)15-14/h1-9,15H,(H,16,17). The van der Waals surface area contributed by atoms with Crippen molar-refractivity contribution in [3.8, 4) is 0 Å². The predicted octanol–water partition coefficient (Wildman–Crippen LogP) is 2.70. The molecule has 18 heavy (non-hydrogen) atoms. The molecule has 0 fully saturated rings. The summed E-state index contributed by atoms with van der Waals surface area (Å²) in [5.41, 5.74) is 0.400. The summed E-state index contributed by atoms with van der Waals surface area (Å²) < 4.78 is 5.26. The number of para-hydroxylation sites is 1. The zero-order valence-corrected chi connectivity index (χ0v) is 9.46. The number of aliphatic carboxylic acids is 1. The first kappa shape index (κ1) is 10.7. The summed E-state index contributed by atoms with van der Waals surface area (Å²) in [6, 6.07) is 10.9. The van der Waals surface area contributed by atoms with E-state index in [1.807, 2.05) is 24.3 Å². The summed E-state index contributed by atoms with van der Waals surface area (Å²) in [6.07, 6.45) is 4.87. The minimum Gasteiger partial charge on any atom is -0.479 e. The molecule has 2 heterocycles. The van der Waals surface area contributed by atoms with E-state index in [4.69, 9.17) is 4.42 Å². The van der Waals surface area contributed by atoms with E-state index in [2.05, 4.69) is 5.32 Å². The highest BCUT2D eigenvalue weighted by Gasteiger charge is 2.42. The fourth-order valence-electron chi connectivity index (χ4n) is 2.10. The minimum atomic E-state index is -1.34. The molecular formula is C14H11NO3. The molecule has 0 spiro atoms. The SMILES string of the molecule is O=C(O)C1(c2ccco2)C=Cc2ccccc2N1. The molecular weight excluding hydrogens is 230 g/mol. The third kappa shape index (κ3) is 1.43. The highest BCUT2D eigenvalue weighted by Crippen LogP contribution is 2.35. The molecule has 0 saturated heterocycles. The molecule has 1 aromatic carbocycles. The Labute approximate surface area is 104 Å². The molecule has 0 bridgehead atoms. The largest absolute Gasteiger partial charge is 0.479 e. The molecule has 0 radical (unpaired) electrons. The van der Waals surface area contributed by atoms with Crippen LogP contribution >= 0.6 is 0 Å². The van der Waals surface area contributed by atoms with Gasteiger partial charge in [-0.05, 0) is 29.8 Å². The normalized spacial score (nSPS) is 21.1. The van der Waals surface area contributed by atoms with Gasteiger partial charge in [0.2, 0.25) is 5.54 Å². The van der Waals surface area contributed by atoms with Gasteiger partial charge < -0.3 is 14.8 Å². The van der Waals surface area contributed by atoms with Crippen LogP contribution in [-0.2, 0) is 10.3 Å². The summed E-state index contributed by atoms with van der Waals surface area (Å²) in [5.74, 6) is -0.635. The molecule has 1 aliphatic heterocycles. The molecule has 4 heteroatoms. The zero-order chi connectivity index (χ0) is 12.6. The van der Waals surface area contributed by atoms with Crippen molar-refractivity contribution < 1.29 is 14.3 Å². The van der Waals surface area contributed by atoms with Crippen LogP contribution in [0.3, 0.4) is 0 Å². The molecule has 1 aliphatic rings. The van der Waals surface area contributed by atoms with E-state index in [0.29, 0.717) is 5.76 Å². The van der Waals surface area contributed by atoms with Gasteiger partial charge >= 0.3 is 5.97 Å². The summed E-state index contributed by atoms with van der Waals surface area (Å²) in [5, 5.41) is 12.5. The number of anilines is 1. The molecule has 2 aromatic rings. The lowest BCUT2D eigenvalue weighted by molar-refractivity contribution is -0.141. The van der Waals surface area contributed by atoms with E-state index in [0.717, 1.165) is 11.3 Å². The fraction of sp³-hybridized carbons (Fsp3) is 0.0714. The Morgan fingerprint density at radius 1 is 1.22 bits per heavy atom. The van der Waals surface area contributed by atoms with Gasteiger partial charge in [-0.15, -0.1) is 0 Å². The number of carboxylic acid groups (broad SMARTS) is 1. The molecule has 1 atom stereocenters. The van der Waals surface area contributed by atoms with Crippen LogP contribution in [-0.4, -0.2) is 11.1 Å². The van der Waals surface area contributed by atoms with Gasteiger partial charge in [-0.3, -0.25) is 0 Å². The maximum atomic E-state index is 11.6. The third-order valence-electron chi connectivity index (χ3n) is 3.05. The number of carboxylic acids is 1. The Balaban J connectivity index is 2.14. The van der Waals surface area contributed by atoms with Crippen molar-refractivity contribution in [3.63, 3.8) is 0 Å². The van der Waals surface area contributed by atoms with Crippen LogP contribution in [0.5, 0.6) is 0 Å². The Bertz CT molecular complexity index is 616. The fourth-order valence-corrected chi connectivity index (χ4v) is 2.10. The van der Waals surface area contributed by atoms with Crippen LogP contribution in [0.1, 0.15) is 11.3 Å². The number of hydrogen-bond donors (Lipinski definition) is 2. The summed E-state index contributed by atoms with van der Waals surface area (Å²) in [6.45, 7) is 0. The van der Waals surface area contributed by atoms with E-state index in [9.17, 15) is 9.90 Å². The highest BCUT2D eigenvalue weighted by atomic mass is 16.4. The molecule has 0 aliphatic carbocycles. The van der Waals surface area contributed by atoms with Gasteiger partial charge in [0.05, 0.1) is 6.26 Å². The van der Waals surface area contributed by atoms with Crippen molar-refractivity contribution in [2.45, 2.75) is 5.54 Å². The Kier molecular flexibility index (Phi) is 2.23. The van der Waals surface area contributed by atoms with Crippen LogP contribution in [0.25, 0.3) is 6.08 Å². The number of hydrogen-bond acceptors (Lipinski definition) is 3. The first-order chi connectivity index (χ1) is 8.72. The van der Waals surface area contributed by atoms with E-state index >= 15 is 0 Å². The lowest BCUT2D eigenvalue weighted by Crippen LogP contribution is -2.42. The van der Waals surface area contributed by atoms with Gasteiger partial charge in [0.25, 0.3) is 0 Å². The second kappa shape index (κ2) is 3.77. The van der Waals surface area contributed by atoms with E-state index < -0.39 is 11.5 Å². The Hall–Kier alpha value is -2.49.